The first kappa shape index (κ1) is 40.9. The summed E-state index contributed by atoms with van der Waals surface area (Å²) in [6.45, 7) is 8.69. The number of ether oxygens (including phenoxy) is 4. The molecule has 2 amide bonds. The van der Waals surface area contributed by atoms with Crippen LogP contribution >= 0.6 is 11.6 Å². The fraction of sp³-hybridized carbons (Fsp3) is 0.500. The second-order valence-electron chi connectivity index (χ2n) is 15.0. The van der Waals surface area contributed by atoms with E-state index in [0.29, 0.717) is 17.1 Å². The lowest BCUT2D eigenvalue weighted by molar-refractivity contribution is -0.187. The van der Waals surface area contributed by atoms with Crippen LogP contribution in [0.5, 0.6) is 0 Å². The number of benzene rings is 2. The first-order valence-corrected chi connectivity index (χ1v) is 18.2. The second kappa shape index (κ2) is 15.8. The minimum atomic E-state index is -1.60. The summed E-state index contributed by atoms with van der Waals surface area (Å²) in [7, 11) is 4.37. The molecule has 0 radical (unpaired) electrons. The Morgan fingerprint density at radius 2 is 1.91 bits per heavy atom. The van der Waals surface area contributed by atoms with Gasteiger partial charge in [-0.05, 0) is 69.5 Å². The number of halogens is 2. The van der Waals surface area contributed by atoms with Crippen LogP contribution in [0.3, 0.4) is 0 Å². The third-order valence-electron chi connectivity index (χ3n) is 10.9. The SMILES string of the molecule is CO[C@@H]1/C=C/C=C(\C)Cc2cc(C)c(Cl)c(c2)N(C)C(=O)C[C@H](OC(=O)[C@H](C)N(C)C(=O)c2cc(N)ccc2F)[C@]2(C)O[C@H]2[C@H](C)[C@@H]2C[C@@]1(O)CC(=O)O2. The van der Waals surface area contributed by atoms with Gasteiger partial charge in [0.2, 0.25) is 5.91 Å². The Balaban J connectivity index is 1.51. The van der Waals surface area contributed by atoms with Crippen LogP contribution in [0.1, 0.15) is 68.4 Å². The van der Waals surface area contributed by atoms with Crippen molar-refractivity contribution in [3.8, 4) is 0 Å². The molecule has 54 heavy (non-hydrogen) atoms. The molecule has 292 valence electrons. The van der Waals surface area contributed by atoms with Crippen molar-refractivity contribution in [2.45, 2.75) is 102 Å². The van der Waals surface area contributed by atoms with E-state index in [1.165, 1.54) is 38.1 Å². The predicted molar refractivity (Wildman–Crippen MR) is 200 cm³/mol. The first-order chi connectivity index (χ1) is 25.3. The average molecular weight is 770 g/mol. The van der Waals surface area contributed by atoms with E-state index in [0.717, 1.165) is 27.7 Å². The van der Waals surface area contributed by atoms with E-state index in [4.69, 9.17) is 36.3 Å². The van der Waals surface area contributed by atoms with Crippen molar-refractivity contribution >= 4 is 46.7 Å². The number of epoxide rings is 1. The van der Waals surface area contributed by atoms with Gasteiger partial charge < -0.3 is 39.6 Å². The van der Waals surface area contributed by atoms with Crippen molar-refractivity contribution in [3.05, 3.63) is 81.7 Å². The number of hydrogen-bond acceptors (Lipinski definition) is 10. The topological polar surface area (TPSA) is 161 Å². The predicted octanol–water partition coefficient (Wildman–Crippen LogP) is 5.10. The normalized spacial score (nSPS) is 31.0. The highest BCUT2D eigenvalue weighted by Crippen LogP contribution is 2.49. The van der Waals surface area contributed by atoms with Gasteiger partial charge >= 0.3 is 11.9 Å². The molecule has 3 heterocycles. The number of nitrogens with two attached hydrogens (primary N) is 1. The van der Waals surface area contributed by atoms with Gasteiger partial charge in [0.1, 0.15) is 41.4 Å². The van der Waals surface area contributed by atoms with Crippen molar-refractivity contribution in [3.63, 3.8) is 0 Å². The fourth-order valence-corrected chi connectivity index (χ4v) is 7.60. The van der Waals surface area contributed by atoms with Gasteiger partial charge in [-0.3, -0.25) is 14.4 Å². The molecule has 3 aliphatic heterocycles. The van der Waals surface area contributed by atoms with Crippen molar-refractivity contribution in [1.29, 1.82) is 0 Å². The van der Waals surface area contributed by atoms with E-state index >= 15 is 0 Å². The summed E-state index contributed by atoms with van der Waals surface area (Å²) in [5, 5.41) is 12.2. The van der Waals surface area contributed by atoms with Gasteiger partial charge in [-0.2, -0.15) is 0 Å². The van der Waals surface area contributed by atoms with Crippen LogP contribution in [0.4, 0.5) is 15.8 Å². The molecule has 3 N–H and O–H groups in total. The molecular weight excluding hydrogens is 721 g/mol. The van der Waals surface area contributed by atoms with E-state index < -0.39 is 77.1 Å². The van der Waals surface area contributed by atoms with Crippen molar-refractivity contribution in [1.82, 2.24) is 4.90 Å². The molecule has 14 heteroatoms. The van der Waals surface area contributed by atoms with E-state index in [1.807, 2.05) is 32.1 Å². The quantitative estimate of drug-likeness (QED) is 0.238. The number of likely N-dealkylation sites (N-methyl/N-ethyl adjacent to an activating group) is 1. The van der Waals surface area contributed by atoms with Gasteiger partial charge in [0.05, 0.1) is 35.2 Å². The standard InChI is InChI=1S/C40H49ClFN3O9/c1-21-10-9-11-31(51-8)40(50)19-30(52-34(47)20-40)23(3)36-39(5,54-36)32(18-33(46)45(7)29-16-25(14-21)15-22(2)35(29)41)53-38(49)24(4)44(6)37(48)27-17-26(43)12-13-28(27)42/h9-13,15-17,23-24,30-32,36,50H,14,18-20,43H2,1-8H3/b11-9+,21-10+/t23-,24+,30+,31-,32+,36+,39+,40-/m1/s1. The molecule has 0 aromatic heterocycles. The number of carbonyl (C=O) groups is 4. The number of methoxy groups -OCH3 is 1. The van der Waals surface area contributed by atoms with Gasteiger partial charge in [0.15, 0.2) is 0 Å². The molecule has 12 nitrogen and oxygen atoms in total. The number of aliphatic hydroxyl groups is 1. The molecule has 2 aromatic rings. The van der Waals surface area contributed by atoms with E-state index in [2.05, 4.69) is 0 Å². The number of hydrogen-bond donors (Lipinski definition) is 2. The highest BCUT2D eigenvalue weighted by Gasteiger charge is 2.64. The number of rotatable bonds is 5. The van der Waals surface area contributed by atoms with Gasteiger partial charge in [0, 0.05) is 39.2 Å². The number of nitrogens with zero attached hydrogens (tertiary/aromatic N) is 2. The Morgan fingerprint density at radius 3 is 2.59 bits per heavy atom. The largest absolute Gasteiger partial charge is 0.462 e. The van der Waals surface area contributed by atoms with Crippen molar-refractivity contribution in [2.24, 2.45) is 5.92 Å². The van der Waals surface area contributed by atoms with Crippen LogP contribution in [-0.2, 0) is 39.8 Å². The Kier molecular flexibility index (Phi) is 12.0. The molecule has 0 unspecified atom stereocenters. The van der Waals surface area contributed by atoms with Gasteiger partial charge in [0.25, 0.3) is 5.91 Å². The summed E-state index contributed by atoms with van der Waals surface area (Å²) < 4.78 is 38.3. The number of carbonyl (C=O) groups excluding carboxylic acids is 4. The molecule has 0 aliphatic carbocycles. The molecule has 5 rings (SSSR count). The van der Waals surface area contributed by atoms with E-state index in [-0.39, 0.29) is 30.5 Å². The highest BCUT2D eigenvalue weighted by molar-refractivity contribution is 6.34. The number of amides is 2. The number of esters is 2. The summed E-state index contributed by atoms with van der Waals surface area (Å²) in [6, 6.07) is 6.11. The van der Waals surface area contributed by atoms with Crippen molar-refractivity contribution < 1.29 is 47.6 Å². The number of nitrogen functional groups attached to an aromatic ring is 1. The second-order valence-corrected chi connectivity index (χ2v) is 15.4. The number of fused-ring (bicyclic) bond motifs is 5. The van der Waals surface area contributed by atoms with Gasteiger partial charge in [-0.1, -0.05) is 48.4 Å². The minimum Gasteiger partial charge on any atom is -0.462 e. The summed E-state index contributed by atoms with van der Waals surface area (Å²) in [6.07, 6.45) is 1.74. The first-order valence-electron chi connectivity index (χ1n) is 17.8. The molecule has 2 saturated heterocycles. The molecule has 4 bridgehead atoms. The smallest absolute Gasteiger partial charge is 0.328 e. The van der Waals surface area contributed by atoms with Crippen LogP contribution in [0.25, 0.3) is 0 Å². The Morgan fingerprint density at radius 1 is 1.20 bits per heavy atom. The zero-order chi connectivity index (χ0) is 39.9. The summed E-state index contributed by atoms with van der Waals surface area (Å²) in [4.78, 5) is 56.6. The zero-order valence-electron chi connectivity index (χ0n) is 31.9. The van der Waals surface area contributed by atoms with Crippen LogP contribution in [-0.4, -0.2) is 96.6 Å². The Hall–Kier alpha value is -4.30. The van der Waals surface area contributed by atoms with Gasteiger partial charge in [-0.15, -0.1) is 0 Å². The zero-order valence-corrected chi connectivity index (χ0v) is 32.6. The fourth-order valence-electron chi connectivity index (χ4n) is 7.37. The Bertz CT molecular complexity index is 1890. The maximum absolute atomic E-state index is 14.6. The third-order valence-corrected chi connectivity index (χ3v) is 11.4. The molecule has 2 fully saturated rings. The molecule has 0 spiro atoms. The highest BCUT2D eigenvalue weighted by atomic mass is 35.5. The van der Waals surface area contributed by atoms with E-state index in [9.17, 15) is 28.7 Å². The lowest BCUT2D eigenvalue weighted by atomic mass is 9.78. The molecule has 0 saturated carbocycles. The maximum atomic E-state index is 14.6. The lowest BCUT2D eigenvalue weighted by Crippen LogP contribution is -2.53. The Labute approximate surface area is 320 Å². The van der Waals surface area contributed by atoms with Crippen molar-refractivity contribution in [2.75, 3.05) is 31.8 Å². The summed E-state index contributed by atoms with van der Waals surface area (Å²) in [5.41, 5.74) is 5.84. The van der Waals surface area contributed by atoms with Gasteiger partial charge in [-0.25, -0.2) is 9.18 Å². The molecular formula is C40H49ClFN3O9. The number of allylic oxidation sites excluding steroid dienone is 3. The number of aryl methyl sites for hydroxylation is 1. The third kappa shape index (κ3) is 8.34. The van der Waals surface area contributed by atoms with E-state index in [1.54, 1.807) is 33.0 Å². The van der Waals surface area contributed by atoms with Crippen LogP contribution in [0, 0.1) is 18.7 Å². The minimum absolute atomic E-state index is 0.0294. The maximum Gasteiger partial charge on any atom is 0.328 e. The van der Waals surface area contributed by atoms with Crippen LogP contribution < -0.4 is 10.6 Å². The molecule has 3 aliphatic rings. The summed E-state index contributed by atoms with van der Waals surface area (Å²) in [5.74, 6) is -4.07. The lowest BCUT2D eigenvalue weighted by Gasteiger charge is -2.41. The molecule has 8 atom stereocenters. The van der Waals surface area contributed by atoms with Crippen LogP contribution in [0.2, 0.25) is 5.02 Å². The average Bonchev–Trinajstić information content (AvgIpc) is 3.81. The summed E-state index contributed by atoms with van der Waals surface area (Å²) >= 11 is 6.76. The number of anilines is 2. The monoisotopic (exact) mass is 769 g/mol. The van der Waals surface area contributed by atoms with Crippen LogP contribution in [0.15, 0.2) is 54.1 Å². The molecule has 2 aromatic carbocycles.